The zero-order valence-corrected chi connectivity index (χ0v) is 10.2. The molecule has 18 heavy (non-hydrogen) atoms. The van der Waals surface area contributed by atoms with E-state index in [0.717, 1.165) is 11.1 Å². The van der Waals surface area contributed by atoms with Gasteiger partial charge < -0.3 is 0 Å². The van der Waals surface area contributed by atoms with Crippen molar-refractivity contribution in [2.45, 2.75) is 13.8 Å². The van der Waals surface area contributed by atoms with Crippen LogP contribution < -0.4 is 0 Å². The maximum atomic E-state index is 13.1. The molecule has 0 aliphatic heterocycles. The van der Waals surface area contributed by atoms with Gasteiger partial charge in [-0.15, -0.1) is 0 Å². The van der Waals surface area contributed by atoms with Crippen LogP contribution in [0.2, 0.25) is 0 Å². The smallest absolute Gasteiger partial charge is 0.123 e. The summed E-state index contributed by atoms with van der Waals surface area (Å²) in [5.74, 6) is -0.756. The monoisotopic (exact) mass is 245 g/mol. The molecular weight excluding hydrogens is 232 g/mol. The summed E-state index contributed by atoms with van der Waals surface area (Å²) in [6.07, 6.45) is 0. The molecule has 2 aromatic rings. The molecule has 3 heteroatoms. The van der Waals surface area contributed by atoms with Crippen LogP contribution in [-0.2, 0) is 0 Å². The molecule has 0 heterocycles. The molecule has 1 nitrogen and oxygen atoms in total. The maximum Gasteiger partial charge on any atom is 0.123 e. The lowest BCUT2D eigenvalue weighted by Gasteiger charge is -1.99. The minimum atomic E-state index is -0.378. The lowest BCUT2D eigenvalue weighted by molar-refractivity contribution is 0.627. The Morgan fingerprint density at radius 2 is 1.11 bits per heavy atom. The second-order valence-electron chi connectivity index (χ2n) is 3.75. The summed E-state index contributed by atoms with van der Waals surface area (Å²) in [6, 6.07) is 8.59. The van der Waals surface area contributed by atoms with Gasteiger partial charge in [-0.3, -0.25) is 5.41 Å². The van der Waals surface area contributed by atoms with Crippen molar-refractivity contribution in [2.24, 2.45) is 0 Å². The quantitative estimate of drug-likeness (QED) is 0.607. The SMILES string of the molecule is CC.N=C1c2cc(F)ccc2-c2ccc(F)cc21. The van der Waals surface area contributed by atoms with Gasteiger partial charge in [0.15, 0.2) is 0 Å². The zero-order valence-electron chi connectivity index (χ0n) is 10.2. The molecule has 0 aromatic heterocycles. The number of hydrogen-bond donors (Lipinski definition) is 1. The Balaban J connectivity index is 0.000000574. The van der Waals surface area contributed by atoms with Crippen LogP contribution in [0.25, 0.3) is 11.1 Å². The average molecular weight is 245 g/mol. The van der Waals surface area contributed by atoms with Gasteiger partial charge in [0.1, 0.15) is 11.6 Å². The summed E-state index contributed by atoms with van der Waals surface area (Å²) in [5.41, 5.74) is 2.83. The fourth-order valence-corrected chi connectivity index (χ4v) is 2.06. The summed E-state index contributed by atoms with van der Waals surface area (Å²) in [5, 5.41) is 7.87. The van der Waals surface area contributed by atoms with Crippen molar-refractivity contribution in [3.05, 3.63) is 59.2 Å². The second-order valence-corrected chi connectivity index (χ2v) is 3.75. The Morgan fingerprint density at radius 1 is 0.722 bits per heavy atom. The molecule has 0 fully saturated rings. The number of nitrogens with one attached hydrogen (secondary N) is 1. The summed E-state index contributed by atoms with van der Waals surface area (Å²) in [4.78, 5) is 0. The normalized spacial score (nSPS) is 11.4. The number of rotatable bonds is 0. The van der Waals surface area contributed by atoms with Crippen LogP contribution in [0.15, 0.2) is 36.4 Å². The highest BCUT2D eigenvalue weighted by molar-refractivity contribution is 6.22. The van der Waals surface area contributed by atoms with Crippen molar-refractivity contribution < 1.29 is 8.78 Å². The maximum absolute atomic E-state index is 13.1. The van der Waals surface area contributed by atoms with Crippen LogP contribution in [0.5, 0.6) is 0 Å². The molecule has 1 aliphatic rings. The highest BCUT2D eigenvalue weighted by Gasteiger charge is 2.24. The molecule has 0 atom stereocenters. The summed E-state index contributed by atoms with van der Waals surface area (Å²) >= 11 is 0. The molecule has 2 aromatic carbocycles. The fraction of sp³-hybridized carbons (Fsp3) is 0.133. The summed E-state index contributed by atoms with van der Waals surface area (Å²) in [7, 11) is 0. The van der Waals surface area contributed by atoms with E-state index in [1.54, 1.807) is 12.1 Å². The first-order chi connectivity index (χ1) is 8.66. The van der Waals surface area contributed by atoms with E-state index in [0.29, 0.717) is 11.1 Å². The Morgan fingerprint density at radius 3 is 1.50 bits per heavy atom. The summed E-state index contributed by atoms with van der Waals surface area (Å²) in [6.45, 7) is 4.00. The van der Waals surface area contributed by atoms with Gasteiger partial charge in [0, 0.05) is 11.1 Å². The Hall–Kier alpha value is -2.03. The Kier molecular flexibility index (Phi) is 3.24. The molecule has 92 valence electrons. The van der Waals surface area contributed by atoms with Gasteiger partial charge in [-0.2, -0.15) is 0 Å². The van der Waals surface area contributed by atoms with E-state index in [1.807, 2.05) is 13.8 Å². The molecule has 3 rings (SSSR count). The largest absolute Gasteiger partial charge is 0.300 e. The number of halogens is 2. The van der Waals surface area contributed by atoms with Crippen LogP contribution in [-0.4, -0.2) is 5.71 Å². The molecule has 0 spiro atoms. The van der Waals surface area contributed by atoms with Crippen LogP contribution in [0, 0.1) is 17.0 Å². The molecular formula is C15H13F2N. The molecule has 0 amide bonds. The molecule has 0 saturated carbocycles. The van der Waals surface area contributed by atoms with E-state index in [2.05, 4.69) is 0 Å². The van der Waals surface area contributed by atoms with Crippen molar-refractivity contribution >= 4 is 5.71 Å². The van der Waals surface area contributed by atoms with Gasteiger partial charge >= 0.3 is 0 Å². The Bertz CT molecular complexity index is 564. The predicted molar refractivity (Wildman–Crippen MR) is 69.1 cm³/mol. The van der Waals surface area contributed by atoms with E-state index in [4.69, 9.17) is 5.41 Å². The highest BCUT2D eigenvalue weighted by Crippen LogP contribution is 2.36. The van der Waals surface area contributed by atoms with Gasteiger partial charge in [-0.05, 0) is 35.4 Å². The second kappa shape index (κ2) is 4.69. The topological polar surface area (TPSA) is 23.9 Å². The molecule has 1 aliphatic carbocycles. The van der Waals surface area contributed by atoms with E-state index in [1.165, 1.54) is 24.3 Å². The zero-order chi connectivity index (χ0) is 13.3. The molecule has 0 bridgehead atoms. The van der Waals surface area contributed by atoms with Gasteiger partial charge in [0.2, 0.25) is 0 Å². The van der Waals surface area contributed by atoms with Gasteiger partial charge in [0.05, 0.1) is 5.71 Å². The van der Waals surface area contributed by atoms with E-state index in [-0.39, 0.29) is 17.3 Å². The van der Waals surface area contributed by atoms with Crippen molar-refractivity contribution in [1.29, 1.82) is 5.41 Å². The van der Waals surface area contributed by atoms with Gasteiger partial charge in [-0.25, -0.2) is 8.78 Å². The third-order valence-electron chi connectivity index (χ3n) is 2.79. The van der Waals surface area contributed by atoms with Crippen molar-refractivity contribution in [3.8, 4) is 11.1 Å². The molecule has 0 unspecified atom stereocenters. The third-order valence-corrected chi connectivity index (χ3v) is 2.79. The number of benzene rings is 2. The van der Waals surface area contributed by atoms with Crippen molar-refractivity contribution in [1.82, 2.24) is 0 Å². The first-order valence-electron chi connectivity index (χ1n) is 5.85. The van der Waals surface area contributed by atoms with Crippen molar-refractivity contribution in [2.75, 3.05) is 0 Å². The van der Waals surface area contributed by atoms with E-state index < -0.39 is 0 Å². The van der Waals surface area contributed by atoms with Crippen LogP contribution >= 0.6 is 0 Å². The third kappa shape index (κ3) is 1.82. The Labute approximate surface area is 105 Å². The number of hydrogen-bond acceptors (Lipinski definition) is 1. The lowest BCUT2D eigenvalue weighted by Crippen LogP contribution is -1.96. The molecule has 0 saturated heterocycles. The van der Waals surface area contributed by atoms with Gasteiger partial charge in [0.25, 0.3) is 0 Å². The first-order valence-corrected chi connectivity index (χ1v) is 5.85. The standard InChI is InChI=1S/C13H7F2N.C2H6/c14-7-1-3-9-10-4-2-8(15)6-12(10)13(16)11(9)5-7;1-2/h1-6,16H;1-2H3. The van der Waals surface area contributed by atoms with Crippen LogP contribution in [0.3, 0.4) is 0 Å². The molecule has 0 radical (unpaired) electrons. The summed E-state index contributed by atoms with van der Waals surface area (Å²) < 4.78 is 26.1. The average Bonchev–Trinajstić information content (AvgIpc) is 2.65. The van der Waals surface area contributed by atoms with E-state index in [9.17, 15) is 8.78 Å². The number of fused-ring (bicyclic) bond motifs is 3. The fourth-order valence-electron chi connectivity index (χ4n) is 2.06. The minimum Gasteiger partial charge on any atom is -0.300 e. The van der Waals surface area contributed by atoms with Crippen LogP contribution in [0.4, 0.5) is 8.78 Å². The lowest BCUT2D eigenvalue weighted by atomic mass is 10.1. The highest BCUT2D eigenvalue weighted by atomic mass is 19.1. The molecule has 1 N–H and O–H groups in total. The minimum absolute atomic E-state index is 0.184. The van der Waals surface area contributed by atoms with Crippen molar-refractivity contribution in [3.63, 3.8) is 0 Å². The first kappa shape index (κ1) is 12.4. The van der Waals surface area contributed by atoms with Gasteiger partial charge in [-0.1, -0.05) is 26.0 Å². The van der Waals surface area contributed by atoms with Crippen LogP contribution in [0.1, 0.15) is 25.0 Å². The predicted octanol–water partition coefficient (Wildman–Crippen LogP) is 4.39. The van der Waals surface area contributed by atoms with E-state index >= 15 is 0 Å².